The maximum absolute atomic E-state index is 12.3. The van der Waals surface area contributed by atoms with Gasteiger partial charge in [0.25, 0.3) is 0 Å². The van der Waals surface area contributed by atoms with Crippen molar-refractivity contribution >= 4 is 11.7 Å². The number of hydrogen-bond acceptors (Lipinski definition) is 3. The number of hydrogen-bond donors (Lipinski definition) is 1. The largest absolute Gasteiger partial charge is 0.408 e. The first-order valence-corrected chi connectivity index (χ1v) is 6.61. The van der Waals surface area contributed by atoms with Gasteiger partial charge in [-0.3, -0.25) is 9.48 Å². The van der Waals surface area contributed by atoms with Gasteiger partial charge in [0.05, 0.1) is 6.20 Å². The molecule has 1 amide bonds. The third kappa shape index (κ3) is 4.31. The highest BCUT2D eigenvalue weighted by molar-refractivity contribution is 5.91. The van der Waals surface area contributed by atoms with Gasteiger partial charge in [0.1, 0.15) is 12.4 Å². The van der Waals surface area contributed by atoms with Crippen LogP contribution in [0.3, 0.4) is 0 Å². The average molecular weight is 312 g/mol. The van der Waals surface area contributed by atoms with E-state index in [1.807, 2.05) is 0 Å². The summed E-state index contributed by atoms with van der Waals surface area (Å²) < 4.78 is 37.8. The highest BCUT2D eigenvalue weighted by Crippen LogP contribution is 2.23. The van der Waals surface area contributed by atoms with E-state index in [0.717, 1.165) is 4.68 Å². The number of carbonyl (C=O) groups is 1. The number of pyridine rings is 1. The summed E-state index contributed by atoms with van der Waals surface area (Å²) in [5, 5.41) is 6.32. The Hall–Kier alpha value is -2.38. The lowest BCUT2D eigenvalue weighted by Gasteiger charge is -2.07. The number of halogens is 3. The van der Waals surface area contributed by atoms with Crippen LogP contribution in [0.2, 0.25) is 0 Å². The van der Waals surface area contributed by atoms with Crippen molar-refractivity contribution in [1.82, 2.24) is 14.8 Å². The highest BCUT2D eigenvalue weighted by atomic mass is 19.4. The van der Waals surface area contributed by atoms with Gasteiger partial charge in [0.2, 0.25) is 5.91 Å². The predicted molar refractivity (Wildman–Crippen MR) is 75.0 cm³/mol. The molecule has 22 heavy (non-hydrogen) atoms. The number of carbonyl (C=O) groups excluding carboxylic acids is 1. The molecule has 8 heteroatoms. The monoisotopic (exact) mass is 312 g/mol. The van der Waals surface area contributed by atoms with E-state index in [1.54, 1.807) is 26.0 Å². The van der Waals surface area contributed by atoms with Crippen molar-refractivity contribution in [3.63, 3.8) is 0 Å². The molecule has 0 aromatic carbocycles. The van der Waals surface area contributed by atoms with Crippen LogP contribution in [0.15, 0.2) is 30.7 Å². The summed E-state index contributed by atoms with van der Waals surface area (Å²) in [6.07, 6.45) is -0.198. The van der Waals surface area contributed by atoms with Crippen molar-refractivity contribution in [3.8, 4) is 11.1 Å². The second-order valence-corrected chi connectivity index (χ2v) is 5.12. The van der Waals surface area contributed by atoms with Crippen LogP contribution in [0, 0.1) is 5.92 Å². The molecule has 0 unspecified atom stereocenters. The van der Waals surface area contributed by atoms with Crippen molar-refractivity contribution in [2.45, 2.75) is 26.6 Å². The molecule has 2 aromatic rings. The number of alkyl halides is 3. The van der Waals surface area contributed by atoms with Gasteiger partial charge in [-0.2, -0.15) is 18.3 Å². The summed E-state index contributed by atoms with van der Waals surface area (Å²) in [5.74, 6) is -0.0304. The SMILES string of the molecule is CC(C)C(=O)Nc1cc(-c2cnn(CC(F)(F)F)c2)ccn1. The molecule has 0 fully saturated rings. The second-order valence-electron chi connectivity index (χ2n) is 5.12. The number of anilines is 1. The third-order valence-electron chi connectivity index (χ3n) is 2.84. The second kappa shape index (κ2) is 6.17. The molecule has 0 atom stereocenters. The number of nitrogens with zero attached hydrogens (tertiary/aromatic N) is 3. The van der Waals surface area contributed by atoms with Crippen LogP contribution in [-0.4, -0.2) is 26.8 Å². The zero-order chi connectivity index (χ0) is 16.3. The van der Waals surface area contributed by atoms with Gasteiger partial charge in [-0.05, 0) is 17.7 Å². The summed E-state index contributed by atoms with van der Waals surface area (Å²) in [6, 6.07) is 3.23. The van der Waals surface area contributed by atoms with Gasteiger partial charge >= 0.3 is 6.18 Å². The van der Waals surface area contributed by atoms with Crippen LogP contribution >= 0.6 is 0 Å². The van der Waals surface area contributed by atoms with E-state index in [1.165, 1.54) is 18.6 Å². The van der Waals surface area contributed by atoms with Crippen LogP contribution in [0.1, 0.15) is 13.8 Å². The van der Waals surface area contributed by atoms with Crippen molar-refractivity contribution in [2.75, 3.05) is 5.32 Å². The average Bonchev–Trinajstić information content (AvgIpc) is 2.85. The van der Waals surface area contributed by atoms with E-state index in [0.29, 0.717) is 16.9 Å². The summed E-state index contributed by atoms with van der Waals surface area (Å²) in [6.45, 7) is 2.36. The lowest BCUT2D eigenvalue weighted by atomic mass is 10.1. The molecule has 0 aliphatic heterocycles. The van der Waals surface area contributed by atoms with E-state index < -0.39 is 12.7 Å². The molecule has 5 nitrogen and oxygen atoms in total. The minimum Gasteiger partial charge on any atom is -0.310 e. The zero-order valence-electron chi connectivity index (χ0n) is 12.1. The van der Waals surface area contributed by atoms with Gasteiger partial charge in [-0.1, -0.05) is 13.8 Å². The first-order chi connectivity index (χ1) is 10.2. The van der Waals surface area contributed by atoms with Gasteiger partial charge in [0.15, 0.2) is 0 Å². The maximum Gasteiger partial charge on any atom is 0.408 e. The summed E-state index contributed by atoms with van der Waals surface area (Å²) in [5.41, 5.74) is 1.15. The van der Waals surface area contributed by atoms with Gasteiger partial charge in [-0.25, -0.2) is 4.98 Å². The molecular formula is C14H15F3N4O. The molecule has 0 aliphatic rings. The molecule has 1 N–H and O–H groups in total. The summed E-state index contributed by atoms with van der Waals surface area (Å²) in [4.78, 5) is 15.6. The topological polar surface area (TPSA) is 59.8 Å². The fraction of sp³-hybridized carbons (Fsp3) is 0.357. The third-order valence-corrected chi connectivity index (χ3v) is 2.84. The molecule has 0 radical (unpaired) electrons. The molecule has 0 spiro atoms. The van der Waals surface area contributed by atoms with Crippen LogP contribution < -0.4 is 5.32 Å². The molecule has 0 bridgehead atoms. The normalized spacial score (nSPS) is 11.7. The van der Waals surface area contributed by atoms with Crippen LogP contribution in [0.4, 0.5) is 19.0 Å². The van der Waals surface area contributed by atoms with E-state index in [2.05, 4.69) is 15.4 Å². The minimum absolute atomic E-state index is 0.183. The van der Waals surface area contributed by atoms with Gasteiger partial charge in [-0.15, -0.1) is 0 Å². The molecule has 2 rings (SSSR count). The molecule has 0 aliphatic carbocycles. The summed E-state index contributed by atoms with van der Waals surface area (Å²) in [7, 11) is 0. The standard InChI is InChI=1S/C14H15F3N4O/c1-9(2)13(22)20-12-5-10(3-4-18-12)11-6-19-21(7-11)8-14(15,16)17/h3-7,9H,8H2,1-2H3,(H,18,20,22). The molecule has 0 saturated carbocycles. The minimum atomic E-state index is -4.32. The first kappa shape index (κ1) is 16.0. The van der Waals surface area contributed by atoms with Crippen LogP contribution in [-0.2, 0) is 11.3 Å². The number of nitrogens with one attached hydrogen (secondary N) is 1. The predicted octanol–water partition coefficient (Wildman–Crippen LogP) is 3.10. The Morgan fingerprint density at radius 3 is 2.73 bits per heavy atom. The maximum atomic E-state index is 12.3. The molecular weight excluding hydrogens is 297 g/mol. The molecule has 0 saturated heterocycles. The van der Waals surface area contributed by atoms with E-state index in [9.17, 15) is 18.0 Å². The van der Waals surface area contributed by atoms with Crippen molar-refractivity contribution in [2.24, 2.45) is 5.92 Å². The Labute approximate surface area is 125 Å². The van der Waals surface area contributed by atoms with Crippen molar-refractivity contribution in [3.05, 3.63) is 30.7 Å². The molecule has 2 aromatic heterocycles. The molecule has 2 heterocycles. The van der Waals surface area contributed by atoms with E-state index >= 15 is 0 Å². The van der Waals surface area contributed by atoms with Crippen LogP contribution in [0.25, 0.3) is 11.1 Å². The fourth-order valence-electron chi connectivity index (χ4n) is 1.73. The van der Waals surface area contributed by atoms with E-state index in [4.69, 9.17) is 0 Å². The smallest absolute Gasteiger partial charge is 0.310 e. The quantitative estimate of drug-likeness (QED) is 0.943. The van der Waals surface area contributed by atoms with Crippen molar-refractivity contribution in [1.29, 1.82) is 0 Å². The molecule has 118 valence electrons. The number of amides is 1. The van der Waals surface area contributed by atoms with E-state index in [-0.39, 0.29) is 11.8 Å². The van der Waals surface area contributed by atoms with Crippen molar-refractivity contribution < 1.29 is 18.0 Å². The Kier molecular flexibility index (Phi) is 4.48. The highest BCUT2D eigenvalue weighted by Gasteiger charge is 2.28. The zero-order valence-corrected chi connectivity index (χ0v) is 12.1. The first-order valence-electron chi connectivity index (χ1n) is 6.61. The Morgan fingerprint density at radius 1 is 1.36 bits per heavy atom. The lowest BCUT2D eigenvalue weighted by Crippen LogP contribution is -2.18. The Morgan fingerprint density at radius 2 is 2.09 bits per heavy atom. The van der Waals surface area contributed by atoms with Crippen LogP contribution in [0.5, 0.6) is 0 Å². The van der Waals surface area contributed by atoms with Gasteiger partial charge in [0, 0.05) is 23.9 Å². The van der Waals surface area contributed by atoms with Gasteiger partial charge < -0.3 is 5.32 Å². The number of aromatic nitrogens is 3. The number of rotatable bonds is 4. The Balaban J connectivity index is 2.18. The Bertz CT molecular complexity index is 664. The summed E-state index contributed by atoms with van der Waals surface area (Å²) >= 11 is 0. The lowest BCUT2D eigenvalue weighted by molar-refractivity contribution is -0.142. The fourth-order valence-corrected chi connectivity index (χ4v) is 1.73.